The SMILES string of the molecule is CCc1ccc2c(c1)N(C(=O)OC(C)(C)C)C(C(=O)O)C2. The highest BCUT2D eigenvalue weighted by molar-refractivity contribution is 5.98. The van der Waals surface area contributed by atoms with Crippen LogP contribution in [0.1, 0.15) is 38.8 Å². The van der Waals surface area contributed by atoms with Gasteiger partial charge in [-0.2, -0.15) is 0 Å². The maximum Gasteiger partial charge on any atom is 0.415 e. The summed E-state index contributed by atoms with van der Waals surface area (Å²) in [6.07, 6.45) is 0.531. The molecule has 0 fully saturated rings. The first-order valence-electron chi connectivity index (χ1n) is 7.09. The third kappa shape index (κ3) is 3.17. The van der Waals surface area contributed by atoms with E-state index >= 15 is 0 Å². The average Bonchev–Trinajstić information content (AvgIpc) is 2.74. The Morgan fingerprint density at radius 1 is 1.38 bits per heavy atom. The Morgan fingerprint density at radius 2 is 2.05 bits per heavy atom. The van der Waals surface area contributed by atoms with Gasteiger partial charge in [0.1, 0.15) is 11.6 Å². The lowest BCUT2D eigenvalue weighted by Gasteiger charge is -2.27. The zero-order valence-corrected chi connectivity index (χ0v) is 12.8. The van der Waals surface area contributed by atoms with Gasteiger partial charge in [-0.3, -0.25) is 4.90 Å². The van der Waals surface area contributed by atoms with Gasteiger partial charge in [0.15, 0.2) is 0 Å². The average molecular weight is 291 g/mol. The lowest BCUT2D eigenvalue weighted by Crippen LogP contribution is -2.45. The molecule has 0 aromatic heterocycles. The van der Waals surface area contributed by atoms with Crippen LogP contribution >= 0.6 is 0 Å². The number of carbonyl (C=O) groups excluding carboxylic acids is 1. The molecule has 1 aromatic rings. The van der Waals surface area contributed by atoms with Crippen molar-refractivity contribution in [3.05, 3.63) is 29.3 Å². The van der Waals surface area contributed by atoms with Crippen LogP contribution in [-0.2, 0) is 22.4 Å². The van der Waals surface area contributed by atoms with Crippen LogP contribution in [0.25, 0.3) is 0 Å². The van der Waals surface area contributed by atoms with E-state index in [4.69, 9.17) is 4.74 Å². The Bertz CT molecular complexity index is 574. The normalized spacial score (nSPS) is 17.5. The van der Waals surface area contributed by atoms with E-state index in [9.17, 15) is 14.7 Å². The number of nitrogens with zero attached hydrogens (tertiary/aromatic N) is 1. The molecule has 0 bridgehead atoms. The fourth-order valence-corrected chi connectivity index (χ4v) is 2.43. The predicted molar refractivity (Wildman–Crippen MR) is 79.7 cm³/mol. The number of aliphatic carboxylic acids is 1. The third-order valence-corrected chi connectivity index (χ3v) is 3.42. The molecule has 0 spiro atoms. The van der Waals surface area contributed by atoms with Crippen LogP contribution < -0.4 is 4.90 Å². The molecule has 5 nitrogen and oxygen atoms in total. The summed E-state index contributed by atoms with van der Waals surface area (Å²) in [7, 11) is 0. The standard InChI is InChI=1S/C16H21NO4/c1-5-10-6-7-11-9-13(14(18)19)17(12(11)8-10)15(20)21-16(2,3)4/h6-8,13H,5,9H2,1-4H3,(H,18,19). The van der Waals surface area contributed by atoms with E-state index in [-0.39, 0.29) is 0 Å². The Hall–Kier alpha value is -2.04. The zero-order chi connectivity index (χ0) is 15.8. The minimum atomic E-state index is -1.02. The van der Waals surface area contributed by atoms with Crippen LogP contribution in [0.3, 0.4) is 0 Å². The number of rotatable bonds is 2. The summed E-state index contributed by atoms with van der Waals surface area (Å²) < 4.78 is 5.36. The zero-order valence-electron chi connectivity index (χ0n) is 12.8. The van der Waals surface area contributed by atoms with Crippen molar-refractivity contribution < 1.29 is 19.4 Å². The summed E-state index contributed by atoms with van der Waals surface area (Å²) >= 11 is 0. The largest absolute Gasteiger partial charge is 0.480 e. The van der Waals surface area contributed by atoms with E-state index in [2.05, 4.69) is 0 Å². The number of aryl methyl sites for hydroxylation is 1. The van der Waals surface area contributed by atoms with Gasteiger partial charge in [-0.05, 0) is 44.4 Å². The number of anilines is 1. The molecule has 1 heterocycles. The van der Waals surface area contributed by atoms with Crippen molar-refractivity contribution >= 4 is 17.7 Å². The second-order valence-electron chi connectivity index (χ2n) is 6.23. The van der Waals surface area contributed by atoms with Crippen molar-refractivity contribution in [1.82, 2.24) is 0 Å². The molecule has 1 atom stereocenters. The smallest absolute Gasteiger partial charge is 0.415 e. The second kappa shape index (κ2) is 5.39. The fraction of sp³-hybridized carbons (Fsp3) is 0.500. The lowest BCUT2D eigenvalue weighted by molar-refractivity contribution is -0.138. The summed E-state index contributed by atoms with van der Waals surface area (Å²) in [5, 5.41) is 9.38. The molecule has 2 rings (SSSR count). The summed E-state index contributed by atoms with van der Waals surface area (Å²) in [6.45, 7) is 7.31. The van der Waals surface area contributed by atoms with Crippen molar-refractivity contribution in [2.75, 3.05) is 4.90 Å². The first kappa shape index (κ1) is 15.4. The number of fused-ring (bicyclic) bond motifs is 1. The van der Waals surface area contributed by atoms with E-state index in [1.165, 1.54) is 4.90 Å². The van der Waals surface area contributed by atoms with Gasteiger partial charge in [-0.15, -0.1) is 0 Å². The van der Waals surface area contributed by atoms with Crippen LogP contribution in [0.15, 0.2) is 18.2 Å². The first-order valence-corrected chi connectivity index (χ1v) is 7.09. The van der Waals surface area contributed by atoms with E-state index in [1.807, 2.05) is 25.1 Å². The van der Waals surface area contributed by atoms with Crippen molar-refractivity contribution in [1.29, 1.82) is 0 Å². The van der Waals surface area contributed by atoms with Crippen molar-refractivity contribution in [3.63, 3.8) is 0 Å². The number of hydrogen-bond donors (Lipinski definition) is 1. The summed E-state index contributed by atoms with van der Waals surface area (Å²) in [5.74, 6) is -1.02. The molecule has 1 N–H and O–H groups in total. The molecule has 1 aliphatic heterocycles. The highest BCUT2D eigenvalue weighted by Crippen LogP contribution is 2.34. The van der Waals surface area contributed by atoms with Gasteiger partial charge in [-0.25, -0.2) is 9.59 Å². The fourth-order valence-electron chi connectivity index (χ4n) is 2.43. The van der Waals surface area contributed by atoms with Gasteiger partial charge in [-0.1, -0.05) is 19.1 Å². The molecule has 0 radical (unpaired) electrons. The first-order chi connectivity index (χ1) is 9.73. The molecule has 0 saturated heterocycles. The van der Waals surface area contributed by atoms with Crippen LogP contribution in [0.2, 0.25) is 0 Å². The second-order valence-corrected chi connectivity index (χ2v) is 6.23. The van der Waals surface area contributed by atoms with Crippen molar-refractivity contribution in [2.24, 2.45) is 0 Å². The molecule has 0 aliphatic carbocycles. The number of carbonyl (C=O) groups is 2. The minimum absolute atomic E-state index is 0.313. The molecular formula is C16H21NO4. The number of benzene rings is 1. The van der Waals surface area contributed by atoms with E-state index in [1.54, 1.807) is 20.8 Å². The van der Waals surface area contributed by atoms with E-state index in [0.717, 1.165) is 17.5 Å². The molecule has 1 amide bonds. The monoisotopic (exact) mass is 291 g/mol. The van der Waals surface area contributed by atoms with Gasteiger partial charge in [0.2, 0.25) is 0 Å². The topological polar surface area (TPSA) is 66.8 Å². The molecule has 1 unspecified atom stereocenters. The molecule has 21 heavy (non-hydrogen) atoms. The Balaban J connectivity index is 2.40. The molecule has 0 saturated carbocycles. The van der Waals surface area contributed by atoms with Gasteiger partial charge in [0.05, 0.1) is 5.69 Å². The number of carboxylic acids is 1. The maximum atomic E-state index is 12.4. The Morgan fingerprint density at radius 3 is 2.57 bits per heavy atom. The van der Waals surface area contributed by atoms with Gasteiger partial charge in [0, 0.05) is 6.42 Å². The van der Waals surface area contributed by atoms with Crippen molar-refractivity contribution in [3.8, 4) is 0 Å². The number of hydrogen-bond acceptors (Lipinski definition) is 3. The van der Waals surface area contributed by atoms with Crippen LogP contribution in [-0.4, -0.2) is 28.8 Å². The van der Waals surface area contributed by atoms with Crippen LogP contribution in [0.4, 0.5) is 10.5 Å². The van der Waals surface area contributed by atoms with Gasteiger partial charge >= 0.3 is 12.1 Å². The van der Waals surface area contributed by atoms with E-state index in [0.29, 0.717) is 12.1 Å². The molecule has 114 valence electrons. The highest BCUT2D eigenvalue weighted by atomic mass is 16.6. The summed E-state index contributed by atoms with van der Waals surface area (Å²) in [5.41, 5.74) is 1.92. The van der Waals surface area contributed by atoms with Crippen molar-refractivity contribution in [2.45, 2.75) is 52.2 Å². The lowest BCUT2D eigenvalue weighted by atomic mass is 10.1. The van der Waals surface area contributed by atoms with E-state index < -0.39 is 23.7 Å². The number of carboxylic acid groups (broad SMARTS) is 1. The van der Waals surface area contributed by atoms with Crippen LogP contribution in [0.5, 0.6) is 0 Å². The van der Waals surface area contributed by atoms with Gasteiger partial charge in [0.25, 0.3) is 0 Å². The third-order valence-electron chi connectivity index (χ3n) is 3.42. The predicted octanol–water partition coefficient (Wildman–Crippen LogP) is 3.00. The Kier molecular flexibility index (Phi) is 3.94. The Labute approximate surface area is 124 Å². The maximum absolute atomic E-state index is 12.4. The quantitative estimate of drug-likeness (QED) is 0.909. The molecule has 5 heteroatoms. The number of amides is 1. The highest BCUT2D eigenvalue weighted by Gasteiger charge is 2.40. The summed E-state index contributed by atoms with van der Waals surface area (Å²) in [6, 6.07) is 4.84. The minimum Gasteiger partial charge on any atom is -0.480 e. The van der Waals surface area contributed by atoms with Crippen LogP contribution in [0, 0.1) is 0 Å². The molecule has 1 aliphatic rings. The van der Waals surface area contributed by atoms with Gasteiger partial charge < -0.3 is 9.84 Å². The summed E-state index contributed by atoms with van der Waals surface area (Å²) in [4.78, 5) is 25.1. The molecule has 1 aromatic carbocycles. The molecular weight excluding hydrogens is 270 g/mol. The number of ether oxygens (including phenoxy) is 1.